The summed E-state index contributed by atoms with van der Waals surface area (Å²) in [5, 5.41) is 8.52. The lowest BCUT2D eigenvalue weighted by atomic mass is 9.96. The molecule has 1 aliphatic rings. The van der Waals surface area contributed by atoms with Crippen LogP contribution in [0, 0.1) is 0 Å². The Morgan fingerprint density at radius 3 is 2.88 bits per heavy atom. The zero-order valence-electron chi connectivity index (χ0n) is 14.4. The maximum absolute atomic E-state index is 12.5. The third kappa shape index (κ3) is 3.13. The fourth-order valence-corrected chi connectivity index (χ4v) is 3.31. The molecular formula is C16H24N6O2. The zero-order valence-corrected chi connectivity index (χ0v) is 14.4. The lowest BCUT2D eigenvalue weighted by Gasteiger charge is -2.32. The van der Waals surface area contributed by atoms with Crippen LogP contribution in [-0.2, 0) is 18.4 Å². The first-order valence-electron chi connectivity index (χ1n) is 8.38. The fourth-order valence-electron chi connectivity index (χ4n) is 3.31. The Bertz CT molecular complexity index is 758. The highest BCUT2D eigenvalue weighted by molar-refractivity contribution is 5.76. The van der Waals surface area contributed by atoms with E-state index in [0.717, 1.165) is 25.2 Å². The molecule has 0 spiro atoms. The number of carbonyl (C=O) groups is 1. The van der Waals surface area contributed by atoms with Gasteiger partial charge >= 0.3 is 5.69 Å². The SMILES string of the molecule is CC(C)n1c(C2CCCN(C(=O)Cn3cccn3)C2)nn(C)c1=O. The van der Waals surface area contributed by atoms with Crippen LogP contribution in [0.2, 0.25) is 0 Å². The summed E-state index contributed by atoms with van der Waals surface area (Å²) in [5.41, 5.74) is -0.0972. The monoisotopic (exact) mass is 332 g/mol. The van der Waals surface area contributed by atoms with Crippen LogP contribution >= 0.6 is 0 Å². The molecule has 2 aromatic heterocycles. The van der Waals surface area contributed by atoms with E-state index in [-0.39, 0.29) is 30.1 Å². The van der Waals surface area contributed by atoms with Crippen LogP contribution in [0.15, 0.2) is 23.3 Å². The Morgan fingerprint density at radius 2 is 2.21 bits per heavy atom. The zero-order chi connectivity index (χ0) is 17.3. The Labute approximate surface area is 140 Å². The van der Waals surface area contributed by atoms with Gasteiger partial charge in [0, 0.05) is 44.5 Å². The highest BCUT2D eigenvalue weighted by atomic mass is 16.2. The number of carbonyl (C=O) groups excluding carboxylic acids is 1. The highest BCUT2D eigenvalue weighted by Gasteiger charge is 2.29. The van der Waals surface area contributed by atoms with Gasteiger partial charge in [-0.25, -0.2) is 9.48 Å². The van der Waals surface area contributed by atoms with Gasteiger partial charge in [-0.3, -0.25) is 14.0 Å². The number of likely N-dealkylation sites (tertiary alicyclic amines) is 1. The van der Waals surface area contributed by atoms with E-state index in [1.807, 2.05) is 24.8 Å². The topological polar surface area (TPSA) is 78.0 Å². The maximum atomic E-state index is 12.5. The Kier molecular flexibility index (Phi) is 4.55. The van der Waals surface area contributed by atoms with Crippen LogP contribution < -0.4 is 5.69 Å². The predicted octanol–water partition coefficient (Wildman–Crippen LogP) is 0.765. The van der Waals surface area contributed by atoms with Gasteiger partial charge in [-0.15, -0.1) is 0 Å². The van der Waals surface area contributed by atoms with Gasteiger partial charge in [-0.1, -0.05) is 0 Å². The molecular weight excluding hydrogens is 308 g/mol. The number of aromatic nitrogens is 5. The van der Waals surface area contributed by atoms with Gasteiger partial charge in [0.05, 0.1) is 0 Å². The second kappa shape index (κ2) is 6.62. The van der Waals surface area contributed by atoms with Crippen molar-refractivity contribution < 1.29 is 4.79 Å². The largest absolute Gasteiger partial charge is 0.345 e. The summed E-state index contributed by atoms with van der Waals surface area (Å²) in [6.07, 6.45) is 5.31. The third-order valence-corrected chi connectivity index (χ3v) is 4.49. The fraction of sp³-hybridized carbons (Fsp3) is 0.625. The van der Waals surface area contributed by atoms with Crippen molar-refractivity contribution in [1.29, 1.82) is 0 Å². The molecule has 24 heavy (non-hydrogen) atoms. The van der Waals surface area contributed by atoms with Crippen molar-refractivity contribution in [2.45, 2.75) is 45.2 Å². The van der Waals surface area contributed by atoms with E-state index in [1.54, 1.807) is 28.7 Å². The Balaban J connectivity index is 1.77. The predicted molar refractivity (Wildman–Crippen MR) is 88.6 cm³/mol. The minimum atomic E-state index is -0.0972. The van der Waals surface area contributed by atoms with Crippen molar-refractivity contribution in [3.05, 3.63) is 34.8 Å². The number of hydrogen-bond acceptors (Lipinski definition) is 4. The van der Waals surface area contributed by atoms with E-state index in [4.69, 9.17) is 0 Å². The van der Waals surface area contributed by atoms with Crippen LogP contribution in [-0.4, -0.2) is 48.0 Å². The molecule has 1 saturated heterocycles. The molecule has 2 aromatic rings. The summed E-state index contributed by atoms with van der Waals surface area (Å²) in [6.45, 7) is 5.56. The molecule has 1 unspecified atom stereocenters. The third-order valence-electron chi connectivity index (χ3n) is 4.49. The minimum Gasteiger partial charge on any atom is -0.340 e. The first-order chi connectivity index (χ1) is 11.5. The van der Waals surface area contributed by atoms with Gasteiger partial charge in [-0.05, 0) is 32.8 Å². The number of aryl methyl sites for hydroxylation is 1. The van der Waals surface area contributed by atoms with Crippen molar-refractivity contribution >= 4 is 5.91 Å². The molecule has 1 aliphatic heterocycles. The first kappa shape index (κ1) is 16.5. The lowest BCUT2D eigenvalue weighted by Crippen LogP contribution is -2.41. The minimum absolute atomic E-state index is 0.0522. The maximum Gasteiger partial charge on any atom is 0.345 e. The molecule has 1 fully saturated rings. The van der Waals surface area contributed by atoms with Crippen LogP contribution in [0.4, 0.5) is 0 Å². The van der Waals surface area contributed by atoms with Gasteiger partial charge in [0.2, 0.25) is 5.91 Å². The van der Waals surface area contributed by atoms with Gasteiger partial charge in [0.15, 0.2) is 0 Å². The molecule has 1 atom stereocenters. The van der Waals surface area contributed by atoms with E-state index in [0.29, 0.717) is 6.54 Å². The summed E-state index contributed by atoms with van der Waals surface area (Å²) in [4.78, 5) is 26.6. The number of nitrogens with zero attached hydrogens (tertiary/aromatic N) is 6. The van der Waals surface area contributed by atoms with Crippen molar-refractivity contribution in [3.63, 3.8) is 0 Å². The molecule has 1 amide bonds. The highest BCUT2D eigenvalue weighted by Crippen LogP contribution is 2.26. The second-order valence-corrected chi connectivity index (χ2v) is 6.61. The lowest BCUT2D eigenvalue weighted by molar-refractivity contribution is -0.133. The van der Waals surface area contributed by atoms with Crippen molar-refractivity contribution in [1.82, 2.24) is 29.0 Å². The van der Waals surface area contributed by atoms with E-state index in [1.165, 1.54) is 4.68 Å². The first-order valence-corrected chi connectivity index (χ1v) is 8.38. The molecule has 0 aromatic carbocycles. The summed E-state index contributed by atoms with van der Waals surface area (Å²) in [5.74, 6) is 0.934. The standard InChI is InChI=1S/C16H24N6O2/c1-12(2)22-15(18-19(3)16(22)24)13-6-4-8-20(10-13)14(23)11-21-9-5-7-17-21/h5,7,9,12-13H,4,6,8,10-11H2,1-3H3. The summed E-state index contributed by atoms with van der Waals surface area (Å²) >= 11 is 0. The molecule has 0 radical (unpaired) electrons. The van der Waals surface area contributed by atoms with Crippen molar-refractivity contribution in [2.24, 2.45) is 7.05 Å². The summed E-state index contributed by atoms with van der Waals surface area (Å²) < 4.78 is 4.77. The second-order valence-electron chi connectivity index (χ2n) is 6.61. The van der Waals surface area contributed by atoms with Gasteiger partial charge in [0.25, 0.3) is 0 Å². The average molecular weight is 332 g/mol. The molecule has 0 saturated carbocycles. The molecule has 130 valence electrons. The number of piperidine rings is 1. The number of hydrogen-bond donors (Lipinski definition) is 0. The quantitative estimate of drug-likeness (QED) is 0.828. The van der Waals surface area contributed by atoms with E-state index in [9.17, 15) is 9.59 Å². The van der Waals surface area contributed by atoms with Gasteiger partial charge in [0.1, 0.15) is 12.4 Å². The molecule has 0 aliphatic carbocycles. The van der Waals surface area contributed by atoms with Gasteiger partial charge in [-0.2, -0.15) is 10.2 Å². The van der Waals surface area contributed by atoms with Gasteiger partial charge < -0.3 is 4.90 Å². The average Bonchev–Trinajstić information content (AvgIpc) is 3.16. The van der Waals surface area contributed by atoms with Crippen LogP contribution in [0.5, 0.6) is 0 Å². The Morgan fingerprint density at radius 1 is 1.42 bits per heavy atom. The normalized spacial score (nSPS) is 18.3. The van der Waals surface area contributed by atoms with E-state index >= 15 is 0 Å². The number of amides is 1. The van der Waals surface area contributed by atoms with E-state index in [2.05, 4.69) is 10.2 Å². The summed E-state index contributed by atoms with van der Waals surface area (Å²) in [7, 11) is 1.67. The molecule has 0 bridgehead atoms. The van der Waals surface area contributed by atoms with E-state index < -0.39 is 0 Å². The molecule has 8 nitrogen and oxygen atoms in total. The molecule has 0 N–H and O–H groups in total. The van der Waals surface area contributed by atoms with Crippen molar-refractivity contribution in [3.8, 4) is 0 Å². The van der Waals surface area contributed by atoms with Crippen molar-refractivity contribution in [2.75, 3.05) is 13.1 Å². The van der Waals surface area contributed by atoms with Crippen LogP contribution in [0.1, 0.15) is 44.5 Å². The molecule has 3 heterocycles. The van der Waals surface area contributed by atoms with Crippen LogP contribution in [0.25, 0.3) is 0 Å². The molecule has 3 rings (SSSR count). The Hall–Kier alpha value is -2.38. The smallest absolute Gasteiger partial charge is 0.340 e. The molecule has 8 heteroatoms. The number of rotatable bonds is 4. The summed E-state index contributed by atoms with van der Waals surface area (Å²) in [6, 6.07) is 1.86. The van der Waals surface area contributed by atoms with Crippen LogP contribution in [0.3, 0.4) is 0 Å².